The van der Waals surface area contributed by atoms with Gasteiger partial charge in [0.1, 0.15) is 5.69 Å². The fraction of sp³-hybridized carbons (Fsp3) is 0. The van der Waals surface area contributed by atoms with Gasteiger partial charge in [0.15, 0.2) is 0 Å². The van der Waals surface area contributed by atoms with Crippen molar-refractivity contribution >= 4 is 21.7 Å². The Kier molecular flexibility index (Phi) is 8.16. The Morgan fingerprint density at radius 2 is 0.800 bits per heavy atom. The van der Waals surface area contributed by atoms with Gasteiger partial charge in [-0.3, -0.25) is 0 Å². The highest BCUT2D eigenvalue weighted by atomic mass is 15.3. The monoisotopic (exact) mass is 701 g/mol. The molecule has 0 aliphatic carbocycles. The van der Waals surface area contributed by atoms with Crippen molar-refractivity contribution in [1.29, 1.82) is 0 Å². The van der Waals surface area contributed by atoms with Crippen LogP contribution in [0.2, 0.25) is 0 Å². The van der Waals surface area contributed by atoms with E-state index in [1.807, 2.05) is 12.1 Å². The first-order valence-electron chi connectivity index (χ1n) is 18.7. The van der Waals surface area contributed by atoms with Crippen molar-refractivity contribution in [3.63, 3.8) is 0 Å². The Morgan fingerprint density at radius 3 is 1.36 bits per heavy atom. The molecule has 0 unspecified atom stereocenters. The van der Waals surface area contributed by atoms with E-state index in [-0.39, 0.29) is 0 Å². The zero-order chi connectivity index (χ0) is 36.6. The number of hydrogen-bond donors (Lipinski definition) is 0. The molecule has 258 valence electrons. The standard InChI is InChI=1S/C52H35N3/c1-5-15-39(16-6-1)47-33-43-23-13-14-24-46(43)52-50(47)51(42-21-11-4-12-22-42)54-55(52)45-31-29-37(30-32-45)36-25-27-38(28-26-36)44-34-48(40-17-7-2-8-18-40)53-49(35-44)41-19-9-3-10-20-41/h1-35H. The molecule has 55 heavy (non-hydrogen) atoms. The maximum Gasteiger partial charge on any atom is 0.101 e. The van der Waals surface area contributed by atoms with Crippen LogP contribution in [0, 0.1) is 0 Å². The lowest BCUT2D eigenvalue weighted by molar-refractivity contribution is 0.918. The number of nitrogens with zero attached hydrogens (tertiary/aromatic N) is 3. The molecule has 10 rings (SSSR count). The summed E-state index contributed by atoms with van der Waals surface area (Å²) < 4.78 is 2.14. The highest BCUT2D eigenvalue weighted by Crippen LogP contribution is 2.42. The summed E-state index contributed by atoms with van der Waals surface area (Å²) in [5.74, 6) is 0. The first kappa shape index (κ1) is 32.3. The summed E-state index contributed by atoms with van der Waals surface area (Å²) in [7, 11) is 0. The summed E-state index contributed by atoms with van der Waals surface area (Å²) in [6.07, 6.45) is 0. The van der Waals surface area contributed by atoms with Crippen LogP contribution in [0.25, 0.3) is 94.5 Å². The van der Waals surface area contributed by atoms with Crippen LogP contribution in [-0.4, -0.2) is 14.8 Å². The maximum atomic E-state index is 5.38. The zero-order valence-electron chi connectivity index (χ0n) is 30.0. The van der Waals surface area contributed by atoms with Crippen molar-refractivity contribution in [2.45, 2.75) is 0 Å². The highest BCUT2D eigenvalue weighted by Gasteiger charge is 2.21. The summed E-state index contributed by atoms with van der Waals surface area (Å²) in [4.78, 5) is 5.07. The van der Waals surface area contributed by atoms with E-state index in [2.05, 4.69) is 205 Å². The molecule has 3 heteroatoms. The van der Waals surface area contributed by atoms with Crippen LogP contribution in [0.3, 0.4) is 0 Å². The topological polar surface area (TPSA) is 30.7 Å². The first-order valence-corrected chi connectivity index (χ1v) is 18.7. The maximum absolute atomic E-state index is 5.38. The molecular formula is C52H35N3. The van der Waals surface area contributed by atoms with Crippen LogP contribution >= 0.6 is 0 Å². The molecule has 0 saturated carbocycles. The number of benzene rings is 8. The summed E-state index contributed by atoms with van der Waals surface area (Å²) >= 11 is 0. The Hall–Kier alpha value is -7.36. The molecule has 10 aromatic rings. The van der Waals surface area contributed by atoms with Crippen LogP contribution in [0.1, 0.15) is 0 Å². The lowest BCUT2D eigenvalue weighted by atomic mass is 9.94. The van der Waals surface area contributed by atoms with E-state index in [0.29, 0.717) is 0 Å². The van der Waals surface area contributed by atoms with Crippen molar-refractivity contribution in [3.05, 3.63) is 212 Å². The average molecular weight is 702 g/mol. The molecule has 0 aliphatic heterocycles. The summed E-state index contributed by atoms with van der Waals surface area (Å²) in [5, 5.41) is 8.90. The third-order valence-corrected chi connectivity index (χ3v) is 10.4. The van der Waals surface area contributed by atoms with E-state index in [1.165, 1.54) is 21.9 Å². The minimum Gasteiger partial charge on any atom is -0.248 e. The normalized spacial score (nSPS) is 11.3. The van der Waals surface area contributed by atoms with Gasteiger partial charge in [0.2, 0.25) is 0 Å². The molecule has 0 N–H and O–H groups in total. The molecule has 0 bridgehead atoms. The number of fused-ring (bicyclic) bond motifs is 3. The smallest absolute Gasteiger partial charge is 0.101 e. The van der Waals surface area contributed by atoms with Crippen molar-refractivity contribution in [3.8, 4) is 72.8 Å². The van der Waals surface area contributed by atoms with Crippen molar-refractivity contribution in [1.82, 2.24) is 14.8 Å². The molecule has 2 aromatic heterocycles. The van der Waals surface area contributed by atoms with Gasteiger partial charge in [0.05, 0.1) is 22.6 Å². The van der Waals surface area contributed by atoms with Gasteiger partial charge < -0.3 is 0 Å². The Balaban J connectivity index is 1.05. The number of pyridine rings is 1. The summed E-state index contributed by atoms with van der Waals surface area (Å²) in [5.41, 5.74) is 15.2. The first-order chi connectivity index (χ1) is 27.3. The minimum absolute atomic E-state index is 0.960. The second-order valence-corrected chi connectivity index (χ2v) is 13.8. The largest absolute Gasteiger partial charge is 0.248 e. The molecule has 0 saturated heterocycles. The molecular weight excluding hydrogens is 667 g/mol. The SMILES string of the molecule is c1ccc(-c2cc(-c3ccc(-c4ccc(-n5nc(-c6ccccc6)c6c(-c7ccccc7)cc7ccccc7c65)cc4)cc3)cc(-c3ccccc3)n2)cc1. The van der Waals surface area contributed by atoms with Crippen molar-refractivity contribution in [2.24, 2.45) is 0 Å². The molecule has 0 radical (unpaired) electrons. The fourth-order valence-corrected chi connectivity index (χ4v) is 7.68. The van der Waals surface area contributed by atoms with Gasteiger partial charge in [-0.1, -0.05) is 182 Å². The molecule has 0 amide bonds. The molecule has 8 aromatic carbocycles. The number of rotatable bonds is 7. The molecule has 0 atom stereocenters. The van der Waals surface area contributed by atoms with Gasteiger partial charge in [-0.05, 0) is 69.1 Å². The molecule has 0 aliphatic rings. The van der Waals surface area contributed by atoms with E-state index in [4.69, 9.17) is 10.1 Å². The van der Waals surface area contributed by atoms with Crippen LogP contribution in [-0.2, 0) is 0 Å². The zero-order valence-corrected chi connectivity index (χ0v) is 30.0. The van der Waals surface area contributed by atoms with Gasteiger partial charge in [-0.2, -0.15) is 5.10 Å². The minimum atomic E-state index is 0.960. The van der Waals surface area contributed by atoms with Crippen molar-refractivity contribution in [2.75, 3.05) is 0 Å². The Bertz CT molecular complexity index is 2860. The molecule has 3 nitrogen and oxygen atoms in total. The van der Waals surface area contributed by atoms with Gasteiger partial charge in [0.25, 0.3) is 0 Å². The number of aromatic nitrogens is 3. The third kappa shape index (κ3) is 6.08. The van der Waals surface area contributed by atoms with Gasteiger partial charge in [-0.15, -0.1) is 0 Å². The van der Waals surface area contributed by atoms with Crippen LogP contribution in [0.5, 0.6) is 0 Å². The van der Waals surface area contributed by atoms with Gasteiger partial charge in [0, 0.05) is 27.5 Å². The predicted octanol–water partition coefficient (Wildman–Crippen LogP) is 13.6. The average Bonchev–Trinajstić information content (AvgIpc) is 3.68. The van der Waals surface area contributed by atoms with Crippen LogP contribution < -0.4 is 0 Å². The summed E-state index contributed by atoms with van der Waals surface area (Å²) in [6.45, 7) is 0. The Morgan fingerprint density at radius 1 is 0.345 bits per heavy atom. The third-order valence-electron chi connectivity index (χ3n) is 10.4. The van der Waals surface area contributed by atoms with E-state index in [0.717, 1.165) is 72.6 Å². The number of hydrogen-bond acceptors (Lipinski definition) is 2. The van der Waals surface area contributed by atoms with Gasteiger partial charge >= 0.3 is 0 Å². The van der Waals surface area contributed by atoms with E-state index < -0.39 is 0 Å². The van der Waals surface area contributed by atoms with Crippen LogP contribution in [0.15, 0.2) is 212 Å². The van der Waals surface area contributed by atoms with E-state index >= 15 is 0 Å². The second kappa shape index (κ2) is 13.9. The van der Waals surface area contributed by atoms with Crippen LogP contribution in [0.4, 0.5) is 0 Å². The lowest BCUT2D eigenvalue weighted by Gasteiger charge is -2.12. The Labute approximate surface area is 320 Å². The van der Waals surface area contributed by atoms with E-state index in [9.17, 15) is 0 Å². The molecule has 0 spiro atoms. The van der Waals surface area contributed by atoms with Gasteiger partial charge in [-0.25, -0.2) is 9.67 Å². The second-order valence-electron chi connectivity index (χ2n) is 13.8. The summed E-state index contributed by atoms with van der Waals surface area (Å²) in [6, 6.07) is 75.0. The predicted molar refractivity (Wildman–Crippen MR) is 229 cm³/mol. The lowest BCUT2D eigenvalue weighted by Crippen LogP contribution is -1.97. The highest BCUT2D eigenvalue weighted by molar-refractivity contribution is 6.17. The van der Waals surface area contributed by atoms with Crippen molar-refractivity contribution < 1.29 is 0 Å². The quantitative estimate of drug-likeness (QED) is 0.166. The molecule has 2 heterocycles. The van der Waals surface area contributed by atoms with E-state index in [1.54, 1.807) is 0 Å². The fourth-order valence-electron chi connectivity index (χ4n) is 7.68. The molecule has 0 fully saturated rings.